The van der Waals surface area contributed by atoms with Crippen molar-refractivity contribution in [3.05, 3.63) is 140 Å². The molecule has 458 valence electrons. The van der Waals surface area contributed by atoms with E-state index in [9.17, 15) is 47.0 Å². The molecule has 84 heavy (non-hydrogen) atoms. The molecule has 3 aromatic carbocycles. The summed E-state index contributed by atoms with van der Waals surface area (Å²) in [7, 11) is 0. The average molecular weight is 1180 g/mol. The SMILES string of the molecule is [3H]CCOC[C@@H]1O[C@@H](O[C@@H]2CCCC(NC(=O)c3cc(=O)[nH]c(=O)[nH]3)[C@H]2O[C@@H]2OC(C)[C@@H](C)[C@H](OCc3ccccc3)C2OCc2ccccc2)C(NC(=O)CNC(=O)C(F)(F)F)C(O[C@@H](CC2CCCCC2)C(=O)OCc2ccccc2)[C@H]1O. The predicted octanol–water partition coefficient (Wildman–Crippen LogP) is 5.42. The molecule has 0 radical (unpaired) electrons. The van der Waals surface area contributed by atoms with E-state index in [1.165, 1.54) is 0 Å². The Morgan fingerprint density at radius 1 is 0.750 bits per heavy atom. The van der Waals surface area contributed by atoms with Crippen molar-refractivity contribution in [2.24, 2.45) is 11.8 Å². The van der Waals surface area contributed by atoms with Crippen LogP contribution in [0.4, 0.5) is 13.2 Å². The van der Waals surface area contributed by atoms with Crippen LogP contribution in [0.5, 0.6) is 0 Å². The summed E-state index contributed by atoms with van der Waals surface area (Å²) in [5, 5.41) is 19.4. The van der Waals surface area contributed by atoms with Gasteiger partial charge in [-0.2, -0.15) is 13.2 Å². The van der Waals surface area contributed by atoms with Crippen LogP contribution in [0.3, 0.4) is 0 Å². The highest BCUT2D eigenvalue weighted by Crippen LogP contribution is 2.38. The van der Waals surface area contributed by atoms with Gasteiger partial charge in [0.15, 0.2) is 18.7 Å². The van der Waals surface area contributed by atoms with E-state index in [4.69, 9.17) is 44.0 Å². The van der Waals surface area contributed by atoms with Gasteiger partial charge in [0, 0.05) is 20.0 Å². The van der Waals surface area contributed by atoms with Gasteiger partial charge in [0.05, 0.1) is 50.7 Å². The first-order valence-corrected chi connectivity index (χ1v) is 28.6. The molecule has 0 spiro atoms. The van der Waals surface area contributed by atoms with Gasteiger partial charge in [0.2, 0.25) is 5.91 Å². The number of hydrogen-bond acceptors (Lipinski definition) is 16. The van der Waals surface area contributed by atoms with Gasteiger partial charge in [-0.25, -0.2) is 9.59 Å². The number of ether oxygens (including phenoxy) is 9. The maximum atomic E-state index is 14.4. The van der Waals surface area contributed by atoms with E-state index in [2.05, 4.69) is 15.6 Å². The third-order valence-corrected chi connectivity index (χ3v) is 15.6. The number of esters is 1. The van der Waals surface area contributed by atoms with Crippen LogP contribution in [0.25, 0.3) is 0 Å². The maximum Gasteiger partial charge on any atom is 0.471 e. The lowest BCUT2D eigenvalue weighted by Gasteiger charge is -2.49. The Labute approximate surface area is 485 Å². The molecule has 2 aliphatic carbocycles. The number of aromatic amines is 2. The van der Waals surface area contributed by atoms with Crippen LogP contribution in [0.1, 0.15) is 107 Å². The summed E-state index contributed by atoms with van der Waals surface area (Å²) in [5.74, 6) is -5.61. The second-order valence-electron chi connectivity index (χ2n) is 21.7. The largest absolute Gasteiger partial charge is 0.471 e. The number of alkyl halides is 3. The molecule has 8 rings (SSSR count). The Balaban J connectivity index is 1.18. The molecule has 4 aromatic rings. The van der Waals surface area contributed by atoms with Crippen molar-refractivity contribution in [2.45, 2.75) is 184 Å². The number of carbonyl (C=O) groups is 4. The second kappa shape index (κ2) is 30.6. The lowest BCUT2D eigenvalue weighted by molar-refractivity contribution is -0.338. The van der Waals surface area contributed by atoms with Crippen LogP contribution < -0.4 is 27.2 Å². The van der Waals surface area contributed by atoms with Crippen molar-refractivity contribution in [2.75, 3.05) is 19.8 Å². The number of rotatable bonds is 25. The second-order valence-corrected chi connectivity index (χ2v) is 21.7. The highest BCUT2D eigenvalue weighted by Gasteiger charge is 2.53. The van der Waals surface area contributed by atoms with E-state index in [1.54, 1.807) is 35.6 Å². The molecule has 21 nitrogen and oxygen atoms in total. The van der Waals surface area contributed by atoms with Crippen LogP contribution >= 0.6 is 0 Å². The van der Waals surface area contributed by atoms with Crippen molar-refractivity contribution >= 4 is 23.7 Å². The number of benzene rings is 3. The van der Waals surface area contributed by atoms with Crippen molar-refractivity contribution in [3.8, 4) is 0 Å². The van der Waals surface area contributed by atoms with Gasteiger partial charge in [-0.3, -0.25) is 24.2 Å². The molecular formula is C60H76F3N5O16. The molecule has 1 aromatic heterocycles. The summed E-state index contributed by atoms with van der Waals surface area (Å²) < 4.78 is 107. The number of halogens is 3. The average Bonchev–Trinajstić information content (AvgIpc) is 2.68. The number of nitrogens with one attached hydrogen (secondary N) is 5. The van der Waals surface area contributed by atoms with Crippen LogP contribution in [0.15, 0.2) is 107 Å². The topological polar surface area (TPSA) is 273 Å². The van der Waals surface area contributed by atoms with Crippen LogP contribution in [0.2, 0.25) is 0 Å². The van der Waals surface area contributed by atoms with E-state index in [-0.39, 0.29) is 76.7 Å². The fourth-order valence-electron chi connectivity index (χ4n) is 11.1. The van der Waals surface area contributed by atoms with E-state index in [0.29, 0.717) is 12.0 Å². The Bertz CT molecular complexity index is 2840. The smallest absolute Gasteiger partial charge is 0.459 e. The Morgan fingerprint density at radius 3 is 2.02 bits per heavy atom. The fourth-order valence-corrected chi connectivity index (χ4v) is 11.1. The molecule has 2 aliphatic heterocycles. The van der Waals surface area contributed by atoms with Gasteiger partial charge in [0.25, 0.3) is 11.5 Å². The van der Waals surface area contributed by atoms with E-state index in [0.717, 1.165) is 49.3 Å². The third-order valence-electron chi connectivity index (χ3n) is 15.6. The zero-order valence-electron chi connectivity index (χ0n) is 47.9. The fraction of sp³-hybridized carbons (Fsp3) is 0.567. The molecule has 6 N–H and O–H groups in total. The number of carbonyl (C=O) groups excluding carboxylic acids is 4. The summed E-state index contributed by atoms with van der Waals surface area (Å²) in [5.41, 5.74) is 0.191. The standard InChI is InChI=1S/C60H76F3N5O16/c1-4-76-34-45-49(71)52(81-44(28-37-18-9-5-10-19-37)55(73)79-33-40-24-15-8-16-25-40)48(67-47(70)30-64-58(74)60(61,62)63)56(83-45)82-43-27-17-26-41(65-54(72)42-29-46(69)68-59(75)66-42)51(43)84-57-53(78-32-39-22-13-7-14-23-39)50(35(2)36(3)80-57)77-31-38-20-11-6-12-21-38/h6-8,11-16,20-25,29,35-37,41,43-45,48-53,56-57,71H,4-5,9-10,17-19,26-28,30-34H2,1-3H3,(H,64,74)(H,65,72)(H,67,70)(H2,66,68,69,75)/t35-,36?,41?,43-,44+,45+,48?,49+,50+,51-,52?,53?,56-,57+/m1/s1/i1T. The zero-order chi connectivity index (χ0) is 60.5. The Morgan fingerprint density at radius 2 is 1.39 bits per heavy atom. The van der Waals surface area contributed by atoms with Crippen LogP contribution in [-0.4, -0.2) is 144 Å². The molecule has 4 fully saturated rings. The predicted molar refractivity (Wildman–Crippen MR) is 294 cm³/mol. The molecule has 0 bridgehead atoms. The Hall–Kier alpha value is -6.35. The minimum Gasteiger partial charge on any atom is -0.459 e. The molecule has 24 heteroatoms. The molecule has 3 heterocycles. The lowest BCUT2D eigenvalue weighted by Crippen LogP contribution is -2.68. The number of amides is 3. The lowest BCUT2D eigenvalue weighted by atomic mass is 9.85. The summed E-state index contributed by atoms with van der Waals surface area (Å²) in [6.07, 6.45) is -14.3. The molecule has 2 saturated heterocycles. The number of aromatic nitrogens is 2. The minimum atomic E-state index is -5.36. The first-order valence-electron chi connectivity index (χ1n) is 29.3. The van der Waals surface area contributed by atoms with Gasteiger partial charge in [-0.1, -0.05) is 130 Å². The van der Waals surface area contributed by atoms with Crippen LogP contribution in [0, 0.1) is 11.8 Å². The molecule has 3 amide bonds. The minimum absolute atomic E-state index is 0.0372. The van der Waals surface area contributed by atoms with Crippen molar-refractivity contribution in [3.63, 3.8) is 0 Å². The van der Waals surface area contributed by atoms with E-state index in [1.807, 2.05) is 79.5 Å². The highest BCUT2D eigenvalue weighted by molar-refractivity contribution is 5.92. The maximum absolute atomic E-state index is 14.4. The van der Waals surface area contributed by atoms with Crippen molar-refractivity contribution in [1.29, 1.82) is 0 Å². The first kappa shape index (κ1) is 62.2. The monoisotopic (exact) mass is 1180 g/mol. The van der Waals surface area contributed by atoms with Gasteiger partial charge in [-0.05, 0) is 62.1 Å². The molecular weight excluding hydrogens is 1100 g/mol. The number of aliphatic hydroxyl groups excluding tert-OH is 1. The zero-order valence-corrected chi connectivity index (χ0v) is 46.9. The summed E-state index contributed by atoms with van der Waals surface area (Å²) in [4.78, 5) is 83.9. The van der Waals surface area contributed by atoms with Gasteiger partial charge in [-0.15, -0.1) is 0 Å². The summed E-state index contributed by atoms with van der Waals surface area (Å²) in [6.45, 7) is 2.02. The summed E-state index contributed by atoms with van der Waals surface area (Å²) >= 11 is 0. The highest BCUT2D eigenvalue weighted by atomic mass is 19.4. The van der Waals surface area contributed by atoms with Crippen molar-refractivity contribution < 1.29 is 81.5 Å². The summed E-state index contributed by atoms with van der Waals surface area (Å²) in [6, 6.07) is 25.9. The van der Waals surface area contributed by atoms with E-state index < -0.39 is 127 Å². The Kier molecular flexibility index (Phi) is 22.7. The third kappa shape index (κ3) is 17.9. The molecule has 14 atom stereocenters. The molecule has 2 saturated carbocycles. The molecule has 4 aliphatic rings. The molecule has 5 unspecified atom stereocenters. The number of hydrogen-bond donors (Lipinski definition) is 6. The number of aliphatic hydroxyl groups is 1. The van der Waals surface area contributed by atoms with E-state index >= 15 is 0 Å². The van der Waals surface area contributed by atoms with Gasteiger partial charge >= 0.3 is 23.7 Å². The van der Waals surface area contributed by atoms with Crippen LogP contribution in [-0.2, 0) is 76.8 Å². The number of H-pyrrole nitrogens is 2. The quantitative estimate of drug-likeness (QED) is 0.0357. The normalized spacial score (nSPS) is 28.1. The van der Waals surface area contributed by atoms with Gasteiger partial charge < -0.3 is 68.7 Å². The van der Waals surface area contributed by atoms with Crippen molar-refractivity contribution in [1.82, 2.24) is 25.9 Å². The van der Waals surface area contributed by atoms with Gasteiger partial charge in [0.1, 0.15) is 48.9 Å². The first-order chi connectivity index (χ1) is 40.9.